The van der Waals surface area contributed by atoms with Crippen molar-refractivity contribution in [2.24, 2.45) is 0 Å². The lowest BCUT2D eigenvalue weighted by Gasteiger charge is -2.13. The van der Waals surface area contributed by atoms with Gasteiger partial charge in [0.05, 0.1) is 18.0 Å². The molecule has 0 radical (unpaired) electrons. The molecular formula is C18H17ClFN3O. The molecule has 1 aromatic heterocycles. The number of hydrogen-bond acceptors (Lipinski definition) is 3. The largest absolute Gasteiger partial charge is 0.387 e. The molecule has 0 aliphatic heterocycles. The number of benzene rings is 2. The number of aliphatic hydroxyl groups excluding tert-OH is 1. The van der Waals surface area contributed by atoms with E-state index in [0.717, 1.165) is 5.56 Å². The van der Waals surface area contributed by atoms with Crippen molar-refractivity contribution in [2.45, 2.75) is 12.6 Å². The van der Waals surface area contributed by atoms with Crippen LogP contribution in [0.4, 0.5) is 4.39 Å². The minimum Gasteiger partial charge on any atom is -0.387 e. The number of halogens is 2. The number of aromatic amines is 1. The molecular weight excluding hydrogens is 329 g/mol. The summed E-state index contributed by atoms with van der Waals surface area (Å²) in [7, 11) is 0. The Labute approximate surface area is 144 Å². The smallest absolute Gasteiger partial charge is 0.132 e. The molecule has 0 aliphatic carbocycles. The monoisotopic (exact) mass is 345 g/mol. The van der Waals surface area contributed by atoms with Crippen molar-refractivity contribution in [2.75, 3.05) is 6.54 Å². The molecule has 1 unspecified atom stereocenters. The molecule has 3 aromatic rings. The zero-order valence-corrected chi connectivity index (χ0v) is 13.6. The van der Waals surface area contributed by atoms with E-state index in [1.54, 1.807) is 36.5 Å². The molecule has 0 bridgehead atoms. The van der Waals surface area contributed by atoms with Gasteiger partial charge in [0.1, 0.15) is 5.82 Å². The third-order valence-electron chi connectivity index (χ3n) is 3.78. The zero-order chi connectivity index (χ0) is 16.9. The Morgan fingerprint density at radius 2 is 1.92 bits per heavy atom. The van der Waals surface area contributed by atoms with Gasteiger partial charge < -0.3 is 10.4 Å². The van der Waals surface area contributed by atoms with Crippen LogP contribution in [-0.2, 0) is 6.54 Å². The third kappa shape index (κ3) is 3.64. The summed E-state index contributed by atoms with van der Waals surface area (Å²) >= 11 is 6.08. The Kier molecular flexibility index (Phi) is 5.25. The van der Waals surface area contributed by atoms with Gasteiger partial charge in [-0.25, -0.2) is 4.39 Å². The highest BCUT2D eigenvalue weighted by Gasteiger charge is 2.13. The molecule has 3 rings (SSSR count). The van der Waals surface area contributed by atoms with Crippen LogP contribution in [0, 0.1) is 5.82 Å². The topological polar surface area (TPSA) is 60.9 Å². The second-order valence-electron chi connectivity index (χ2n) is 5.42. The number of aromatic nitrogens is 2. The van der Waals surface area contributed by atoms with Gasteiger partial charge in [0, 0.05) is 34.8 Å². The van der Waals surface area contributed by atoms with Crippen LogP contribution in [0.25, 0.3) is 11.3 Å². The van der Waals surface area contributed by atoms with Crippen molar-refractivity contribution in [3.63, 3.8) is 0 Å². The lowest BCUT2D eigenvalue weighted by molar-refractivity contribution is 0.174. The van der Waals surface area contributed by atoms with Gasteiger partial charge in [-0.3, -0.25) is 5.10 Å². The zero-order valence-electron chi connectivity index (χ0n) is 12.8. The average Bonchev–Trinajstić information content (AvgIpc) is 3.04. The van der Waals surface area contributed by atoms with Crippen LogP contribution in [0.1, 0.15) is 17.2 Å². The fourth-order valence-corrected chi connectivity index (χ4v) is 2.80. The maximum atomic E-state index is 13.9. The molecule has 0 saturated carbocycles. The summed E-state index contributed by atoms with van der Waals surface area (Å²) in [5.74, 6) is -0.306. The third-order valence-corrected chi connectivity index (χ3v) is 4.12. The van der Waals surface area contributed by atoms with Crippen molar-refractivity contribution < 1.29 is 9.50 Å². The predicted molar refractivity (Wildman–Crippen MR) is 92.1 cm³/mol. The highest BCUT2D eigenvalue weighted by molar-refractivity contribution is 6.31. The number of H-pyrrole nitrogens is 1. The molecule has 0 amide bonds. The first kappa shape index (κ1) is 16.6. The summed E-state index contributed by atoms with van der Waals surface area (Å²) in [6.45, 7) is 0.771. The number of nitrogens with zero attached hydrogens (tertiary/aromatic N) is 1. The van der Waals surface area contributed by atoms with Gasteiger partial charge in [-0.15, -0.1) is 0 Å². The quantitative estimate of drug-likeness (QED) is 0.638. The van der Waals surface area contributed by atoms with Gasteiger partial charge in [0.25, 0.3) is 0 Å². The maximum absolute atomic E-state index is 13.9. The van der Waals surface area contributed by atoms with E-state index in [0.29, 0.717) is 34.9 Å². The molecule has 0 aliphatic rings. The van der Waals surface area contributed by atoms with E-state index >= 15 is 0 Å². The molecule has 0 spiro atoms. The van der Waals surface area contributed by atoms with E-state index in [2.05, 4.69) is 15.5 Å². The van der Waals surface area contributed by atoms with Crippen LogP contribution in [0.3, 0.4) is 0 Å². The van der Waals surface area contributed by atoms with Crippen molar-refractivity contribution >= 4 is 11.6 Å². The molecule has 124 valence electrons. The fourth-order valence-electron chi connectivity index (χ4n) is 2.54. The Morgan fingerprint density at radius 3 is 2.71 bits per heavy atom. The molecule has 2 aromatic carbocycles. The van der Waals surface area contributed by atoms with Crippen LogP contribution < -0.4 is 5.32 Å². The highest BCUT2D eigenvalue weighted by Crippen LogP contribution is 2.24. The van der Waals surface area contributed by atoms with Crippen LogP contribution in [-0.4, -0.2) is 21.8 Å². The lowest BCUT2D eigenvalue weighted by atomic mass is 10.1. The van der Waals surface area contributed by atoms with E-state index < -0.39 is 6.10 Å². The molecule has 1 atom stereocenters. The molecule has 24 heavy (non-hydrogen) atoms. The average molecular weight is 346 g/mol. The first-order valence-electron chi connectivity index (χ1n) is 7.57. The van der Waals surface area contributed by atoms with Crippen molar-refractivity contribution in [3.05, 3.63) is 76.7 Å². The second-order valence-corrected chi connectivity index (χ2v) is 5.83. The SMILES string of the molecule is OC(CNCc1cn[nH]c1-c1ccccc1F)c1ccccc1Cl. The molecule has 1 heterocycles. The molecule has 3 N–H and O–H groups in total. The van der Waals surface area contributed by atoms with Crippen molar-refractivity contribution in [1.82, 2.24) is 15.5 Å². The van der Waals surface area contributed by atoms with Crippen molar-refractivity contribution in [1.29, 1.82) is 0 Å². The molecule has 6 heteroatoms. The lowest BCUT2D eigenvalue weighted by Crippen LogP contribution is -2.21. The van der Waals surface area contributed by atoms with Gasteiger partial charge in [0.2, 0.25) is 0 Å². The predicted octanol–water partition coefficient (Wildman–Crippen LogP) is 3.69. The summed E-state index contributed by atoms with van der Waals surface area (Å²) in [6, 6.07) is 13.7. The standard InChI is InChI=1S/C18H17ClFN3O/c19-15-7-3-1-5-13(15)17(24)11-21-9-12-10-22-23-18(12)14-6-2-4-8-16(14)20/h1-8,10,17,21,24H,9,11H2,(H,22,23). The minimum atomic E-state index is -0.720. The number of hydrogen-bond donors (Lipinski definition) is 3. The van der Waals surface area contributed by atoms with Gasteiger partial charge in [-0.2, -0.15) is 5.10 Å². The summed E-state index contributed by atoms with van der Waals surface area (Å²) in [5.41, 5.74) is 2.60. The minimum absolute atomic E-state index is 0.306. The summed E-state index contributed by atoms with van der Waals surface area (Å²) < 4.78 is 13.9. The summed E-state index contributed by atoms with van der Waals surface area (Å²) in [4.78, 5) is 0. The Bertz CT molecular complexity index is 821. The molecule has 4 nitrogen and oxygen atoms in total. The molecule has 0 saturated heterocycles. The highest BCUT2D eigenvalue weighted by atomic mass is 35.5. The molecule has 0 fully saturated rings. The summed E-state index contributed by atoms with van der Waals surface area (Å²) in [6.07, 6.45) is 0.930. The van der Waals surface area contributed by atoms with E-state index in [4.69, 9.17) is 11.6 Å². The Morgan fingerprint density at radius 1 is 1.17 bits per heavy atom. The number of aliphatic hydroxyl groups is 1. The van der Waals surface area contributed by atoms with Gasteiger partial charge in [-0.1, -0.05) is 41.9 Å². The Balaban J connectivity index is 1.66. The Hall–Kier alpha value is -2.21. The van der Waals surface area contributed by atoms with E-state index in [9.17, 15) is 9.50 Å². The normalized spacial score (nSPS) is 12.3. The van der Waals surface area contributed by atoms with Gasteiger partial charge in [0.15, 0.2) is 0 Å². The van der Waals surface area contributed by atoms with Crippen LogP contribution in [0.5, 0.6) is 0 Å². The fraction of sp³-hybridized carbons (Fsp3) is 0.167. The van der Waals surface area contributed by atoms with Crippen LogP contribution >= 0.6 is 11.6 Å². The van der Waals surface area contributed by atoms with Gasteiger partial charge >= 0.3 is 0 Å². The van der Waals surface area contributed by atoms with E-state index in [-0.39, 0.29) is 5.82 Å². The second kappa shape index (κ2) is 7.57. The summed E-state index contributed by atoms with van der Waals surface area (Å²) in [5, 5.41) is 20.7. The van der Waals surface area contributed by atoms with Gasteiger partial charge in [-0.05, 0) is 18.2 Å². The number of rotatable bonds is 6. The first-order valence-corrected chi connectivity index (χ1v) is 7.95. The van der Waals surface area contributed by atoms with Crippen LogP contribution in [0.2, 0.25) is 5.02 Å². The van der Waals surface area contributed by atoms with E-state index in [1.807, 2.05) is 12.1 Å². The van der Waals surface area contributed by atoms with Crippen LogP contribution in [0.15, 0.2) is 54.7 Å². The maximum Gasteiger partial charge on any atom is 0.132 e. The first-order chi connectivity index (χ1) is 11.7. The van der Waals surface area contributed by atoms with Crippen molar-refractivity contribution in [3.8, 4) is 11.3 Å². The van der Waals surface area contributed by atoms with E-state index in [1.165, 1.54) is 6.07 Å². The number of nitrogens with one attached hydrogen (secondary N) is 2.